The van der Waals surface area contributed by atoms with Crippen LogP contribution in [-0.2, 0) is 6.54 Å². The lowest BCUT2D eigenvalue weighted by Crippen LogP contribution is -2.18. The van der Waals surface area contributed by atoms with E-state index >= 15 is 0 Å². The first-order valence-corrected chi connectivity index (χ1v) is 6.50. The quantitative estimate of drug-likeness (QED) is 0.906. The monoisotopic (exact) mass is 280 g/mol. The fourth-order valence-electron chi connectivity index (χ4n) is 1.72. The van der Waals surface area contributed by atoms with Crippen LogP contribution in [0.2, 0.25) is 10.0 Å². The van der Waals surface area contributed by atoms with E-state index in [0.717, 1.165) is 5.56 Å². The molecule has 1 aromatic carbocycles. The molecule has 0 radical (unpaired) electrons. The number of aromatic nitrogens is 1. The third-order valence-corrected chi connectivity index (χ3v) is 3.69. The second-order valence-corrected chi connectivity index (χ2v) is 4.88. The van der Waals surface area contributed by atoms with E-state index in [9.17, 15) is 0 Å². The minimum atomic E-state index is 0.239. The lowest BCUT2D eigenvalue weighted by molar-refractivity contribution is 0.574. The van der Waals surface area contributed by atoms with Gasteiger partial charge >= 0.3 is 0 Å². The largest absolute Gasteiger partial charge is 0.306 e. The van der Waals surface area contributed by atoms with Gasteiger partial charge in [-0.15, -0.1) is 0 Å². The van der Waals surface area contributed by atoms with Crippen molar-refractivity contribution in [3.05, 3.63) is 63.9 Å². The molecule has 1 atom stereocenters. The van der Waals surface area contributed by atoms with Crippen molar-refractivity contribution < 1.29 is 0 Å². The summed E-state index contributed by atoms with van der Waals surface area (Å²) in [7, 11) is 0. The molecule has 0 bridgehead atoms. The van der Waals surface area contributed by atoms with Gasteiger partial charge in [-0.05, 0) is 36.2 Å². The van der Waals surface area contributed by atoms with Gasteiger partial charge in [-0.3, -0.25) is 4.98 Å². The molecule has 0 amide bonds. The lowest BCUT2D eigenvalue weighted by Gasteiger charge is -2.15. The summed E-state index contributed by atoms with van der Waals surface area (Å²) in [6.07, 6.45) is 3.58. The van der Waals surface area contributed by atoms with Crippen molar-refractivity contribution in [1.29, 1.82) is 0 Å². The van der Waals surface area contributed by atoms with E-state index in [1.807, 2.05) is 24.3 Å². The zero-order chi connectivity index (χ0) is 13.0. The standard InChI is InChI=1S/C14H14Cl2N2/c1-10(11-5-7-17-8-6-11)18-9-12-3-2-4-13(15)14(12)16/h2-8,10,18H,9H2,1H3. The van der Waals surface area contributed by atoms with Crippen molar-refractivity contribution >= 4 is 23.2 Å². The van der Waals surface area contributed by atoms with Crippen LogP contribution in [0.5, 0.6) is 0 Å². The van der Waals surface area contributed by atoms with Gasteiger partial charge in [0.15, 0.2) is 0 Å². The minimum Gasteiger partial charge on any atom is -0.306 e. The second kappa shape index (κ2) is 6.19. The lowest BCUT2D eigenvalue weighted by atomic mass is 10.1. The molecule has 1 unspecified atom stereocenters. The Hall–Kier alpha value is -1.09. The summed E-state index contributed by atoms with van der Waals surface area (Å²) in [6, 6.07) is 9.90. The summed E-state index contributed by atoms with van der Waals surface area (Å²) in [6.45, 7) is 2.79. The highest BCUT2D eigenvalue weighted by Crippen LogP contribution is 2.25. The molecule has 0 aliphatic heterocycles. The predicted octanol–water partition coefficient (Wildman–Crippen LogP) is 4.24. The molecule has 18 heavy (non-hydrogen) atoms. The summed E-state index contributed by atoms with van der Waals surface area (Å²) in [4.78, 5) is 4.01. The number of pyridine rings is 1. The third kappa shape index (κ3) is 3.22. The Balaban J connectivity index is 2.02. The topological polar surface area (TPSA) is 24.9 Å². The maximum Gasteiger partial charge on any atom is 0.0637 e. The molecule has 0 fully saturated rings. The van der Waals surface area contributed by atoms with Crippen molar-refractivity contribution in [2.45, 2.75) is 19.5 Å². The van der Waals surface area contributed by atoms with Crippen molar-refractivity contribution in [3.8, 4) is 0 Å². The number of benzene rings is 1. The smallest absolute Gasteiger partial charge is 0.0637 e. The minimum absolute atomic E-state index is 0.239. The molecule has 0 spiro atoms. The number of rotatable bonds is 4. The van der Waals surface area contributed by atoms with Gasteiger partial charge in [0.25, 0.3) is 0 Å². The molecule has 0 saturated carbocycles. The first-order valence-electron chi connectivity index (χ1n) is 5.74. The zero-order valence-electron chi connectivity index (χ0n) is 10.0. The van der Waals surface area contributed by atoms with Crippen molar-refractivity contribution in [1.82, 2.24) is 10.3 Å². The van der Waals surface area contributed by atoms with E-state index in [2.05, 4.69) is 17.2 Å². The van der Waals surface area contributed by atoms with Crippen molar-refractivity contribution in [3.63, 3.8) is 0 Å². The van der Waals surface area contributed by atoms with E-state index in [1.165, 1.54) is 5.56 Å². The number of hydrogen-bond acceptors (Lipinski definition) is 2. The summed E-state index contributed by atoms with van der Waals surface area (Å²) in [5.74, 6) is 0. The van der Waals surface area contributed by atoms with Gasteiger partial charge < -0.3 is 5.32 Å². The van der Waals surface area contributed by atoms with Crippen LogP contribution in [0.3, 0.4) is 0 Å². The molecular formula is C14H14Cl2N2. The first-order chi connectivity index (χ1) is 8.68. The summed E-state index contributed by atoms with van der Waals surface area (Å²) >= 11 is 12.1. The Morgan fingerprint density at radius 2 is 1.89 bits per heavy atom. The van der Waals surface area contributed by atoms with Gasteiger partial charge in [-0.2, -0.15) is 0 Å². The highest BCUT2D eigenvalue weighted by molar-refractivity contribution is 6.42. The number of hydrogen-bond donors (Lipinski definition) is 1. The summed E-state index contributed by atoms with van der Waals surface area (Å²) in [5.41, 5.74) is 2.20. The maximum atomic E-state index is 6.14. The molecule has 0 saturated heterocycles. The Labute approximate surface area is 117 Å². The maximum absolute atomic E-state index is 6.14. The highest BCUT2D eigenvalue weighted by atomic mass is 35.5. The number of halogens is 2. The van der Waals surface area contributed by atoms with E-state index in [-0.39, 0.29) is 6.04 Å². The molecule has 1 heterocycles. The Morgan fingerprint density at radius 3 is 2.61 bits per heavy atom. The molecular weight excluding hydrogens is 267 g/mol. The summed E-state index contributed by atoms with van der Waals surface area (Å²) in [5, 5.41) is 4.62. The normalized spacial score (nSPS) is 12.4. The Bertz CT molecular complexity index is 514. The second-order valence-electron chi connectivity index (χ2n) is 4.10. The van der Waals surface area contributed by atoms with Crippen molar-refractivity contribution in [2.24, 2.45) is 0 Å². The predicted molar refractivity (Wildman–Crippen MR) is 76.0 cm³/mol. The van der Waals surface area contributed by atoms with E-state index in [1.54, 1.807) is 18.5 Å². The van der Waals surface area contributed by atoms with Crippen LogP contribution in [0.15, 0.2) is 42.7 Å². The van der Waals surface area contributed by atoms with Crippen LogP contribution < -0.4 is 5.32 Å². The molecule has 94 valence electrons. The SMILES string of the molecule is CC(NCc1cccc(Cl)c1Cl)c1ccncc1. The molecule has 4 heteroatoms. The third-order valence-electron chi connectivity index (χ3n) is 2.84. The van der Waals surface area contributed by atoms with Crippen LogP contribution in [-0.4, -0.2) is 4.98 Å². The molecule has 2 aromatic rings. The fourth-order valence-corrected chi connectivity index (χ4v) is 2.10. The molecule has 2 nitrogen and oxygen atoms in total. The molecule has 1 aromatic heterocycles. The van der Waals surface area contributed by atoms with Gasteiger partial charge in [0.2, 0.25) is 0 Å². The van der Waals surface area contributed by atoms with Crippen LogP contribution in [0.25, 0.3) is 0 Å². The summed E-state index contributed by atoms with van der Waals surface area (Å²) < 4.78 is 0. The zero-order valence-corrected chi connectivity index (χ0v) is 11.5. The first kappa shape index (κ1) is 13.3. The van der Waals surface area contributed by atoms with Crippen LogP contribution in [0.4, 0.5) is 0 Å². The molecule has 0 aliphatic carbocycles. The van der Waals surface area contributed by atoms with Crippen LogP contribution in [0, 0.1) is 0 Å². The highest BCUT2D eigenvalue weighted by Gasteiger charge is 2.07. The average Bonchev–Trinajstić information content (AvgIpc) is 2.41. The number of nitrogens with zero attached hydrogens (tertiary/aromatic N) is 1. The van der Waals surface area contributed by atoms with Crippen LogP contribution in [0.1, 0.15) is 24.1 Å². The molecule has 0 aliphatic rings. The molecule has 1 N–H and O–H groups in total. The van der Waals surface area contributed by atoms with Crippen LogP contribution >= 0.6 is 23.2 Å². The Morgan fingerprint density at radius 1 is 1.17 bits per heavy atom. The number of nitrogens with one attached hydrogen (secondary N) is 1. The van der Waals surface area contributed by atoms with Gasteiger partial charge in [0.1, 0.15) is 0 Å². The van der Waals surface area contributed by atoms with Gasteiger partial charge in [0, 0.05) is 25.0 Å². The fraction of sp³-hybridized carbons (Fsp3) is 0.214. The van der Waals surface area contributed by atoms with E-state index in [0.29, 0.717) is 16.6 Å². The average molecular weight is 281 g/mol. The molecule has 2 rings (SSSR count). The van der Waals surface area contributed by atoms with Gasteiger partial charge in [-0.1, -0.05) is 35.3 Å². The van der Waals surface area contributed by atoms with E-state index in [4.69, 9.17) is 23.2 Å². The van der Waals surface area contributed by atoms with E-state index < -0.39 is 0 Å². The van der Waals surface area contributed by atoms with Gasteiger partial charge in [-0.25, -0.2) is 0 Å². The Kier molecular flexibility index (Phi) is 4.59. The van der Waals surface area contributed by atoms with Gasteiger partial charge in [0.05, 0.1) is 10.0 Å². The van der Waals surface area contributed by atoms with Crippen molar-refractivity contribution in [2.75, 3.05) is 0 Å².